The number of epoxide rings is 1. The number of carboxylic acid groups (broad SMARTS) is 1. The van der Waals surface area contributed by atoms with Crippen LogP contribution in [0.15, 0.2) is 12.2 Å². The van der Waals surface area contributed by atoms with Gasteiger partial charge in [-0.05, 0) is 44.9 Å². The van der Waals surface area contributed by atoms with Crippen LogP contribution in [0.1, 0.15) is 96.8 Å². The van der Waals surface area contributed by atoms with E-state index in [-0.39, 0.29) is 0 Å². The molecule has 3 nitrogen and oxygen atoms in total. The summed E-state index contributed by atoms with van der Waals surface area (Å²) in [7, 11) is 0. The molecule has 0 amide bonds. The molecule has 0 aromatic heterocycles. The second-order valence-electron chi connectivity index (χ2n) is 6.78. The van der Waals surface area contributed by atoms with E-state index < -0.39 is 5.97 Å². The molecule has 1 heterocycles. The van der Waals surface area contributed by atoms with Crippen molar-refractivity contribution in [2.24, 2.45) is 0 Å². The van der Waals surface area contributed by atoms with Gasteiger partial charge in [0.1, 0.15) is 0 Å². The zero-order valence-electron chi connectivity index (χ0n) is 15.0. The molecule has 0 aliphatic carbocycles. The van der Waals surface area contributed by atoms with Crippen molar-refractivity contribution in [1.29, 1.82) is 0 Å². The fourth-order valence-corrected chi connectivity index (χ4v) is 3.06. The molecule has 2 atom stereocenters. The molecule has 3 heteroatoms. The zero-order chi connectivity index (χ0) is 16.8. The predicted molar refractivity (Wildman–Crippen MR) is 95.7 cm³/mol. The van der Waals surface area contributed by atoms with Gasteiger partial charge in [-0.3, -0.25) is 4.79 Å². The smallest absolute Gasteiger partial charge is 0.303 e. The summed E-state index contributed by atoms with van der Waals surface area (Å²) in [5.74, 6) is -0.664. The normalized spacial score (nSPS) is 20.2. The van der Waals surface area contributed by atoms with Crippen molar-refractivity contribution in [2.45, 2.75) is 109 Å². The van der Waals surface area contributed by atoms with Crippen LogP contribution in [0.5, 0.6) is 0 Å². The third-order valence-corrected chi connectivity index (χ3v) is 4.63. The average molecular weight is 325 g/mol. The largest absolute Gasteiger partial charge is 0.481 e. The molecule has 1 saturated heterocycles. The van der Waals surface area contributed by atoms with Gasteiger partial charge in [-0.2, -0.15) is 0 Å². The second-order valence-corrected chi connectivity index (χ2v) is 6.78. The first-order valence-electron chi connectivity index (χ1n) is 9.76. The van der Waals surface area contributed by atoms with Crippen LogP contribution in [-0.2, 0) is 9.53 Å². The Hall–Kier alpha value is -0.830. The third-order valence-electron chi connectivity index (χ3n) is 4.63. The van der Waals surface area contributed by atoms with Gasteiger partial charge in [0.2, 0.25) is 0 Å². The summed E-state index contributed by atoms with van der Waals surface area (Å²) >= 11 is 0. The maximum Gasteiger partial charge on any atom is 0.303 e. The summed E-state index contributed by atoms with van der Waals surface area (Å²) in [5, 5.41) is 8.54. The number of carboxylic acids is 1. The lowest BCUT2D eigenvalue weighted by Gasteiger charge is -2.00. The van der Waals surface area contributed by atoms with Crippen LogP contribution in [0.25, 0.3) is 0 Å². The number of allylic oxidation sites excluding steroid dienone is 2. The summed E-state index contributed by atoms with van der Waals surface area (Å²) in [6.45, 7) is 2.20. The topological polar surface area (TPSA) is 49.8 Å². The Balaban J connectivity index is 1.71. The standard InChI is InChI=1S/C20H36O3/c1-2-18-19(23-18)16-14-12-10-8-6-4-3-5-7-9-11-13-15-17-20(21)22/h6,8,18-19H,2-5,7,9-17H2,1H3,(H,21,22)/b8-6-. The molecular formula is C20H36O3. The van der Waals surface area contributed by atoms with Crippen molar-refractivity contribution in [3.8, 4) is 0 Å². The minimum absolute atomic E-state index is 0.331. The van der Waals surface area contributed by atoms with E-state index in [2.05, 4.69) is 19.1 Å². The number of ether oxygens (including phenoxy) is 1. The van der Waals surface area contributed by atoms with Crippen molar-refractivity contribution < 1.29 is 14.6 Å². The molecule has 1 rings (SSSR count). The summed E-state index contributed by atoms with van der Waals surface area (Å²) in [6.07, 6.45) is 21.8. The first kappa shape index (κ1) is 20.2. The molecule has 0 aromatic carbocycles. The average Bonchev–Trinajstić information content (AvgIpc) is 3.29. The van der Waals surface area contributed by atoms with Crippen molar-refractivity contribution in [3.63, 3.8) is 0 Å². The van der Waals surface area contributed by atoms with Crippen LogP contribution in [0.2, 0.25) is 0 Å². The van der Waals surface area contributed by atoms with Gasteiger partial charge in [-0.25, -0.2) is 0 Å². The lowest BCUT2D eigenvalue weighted by atomic mass is 10.1. The number of unbranched alkanes of at least 4 members (excludes halogenated alkanes) is 9. The summed E-state index contributed by atoms with van der Waals surface area (Å²) in [6, 6.07) is 0. The van der Waals surface area contributed by atoms with Crippen molar-refractivity contribution >= 4 is 5.97 Å². The predicted octanol–water partition coefficient (Wildman–Crippen LogP) is 5.88. The highest BCUT2D eigenvalue weighted by Gasteiger charge is 2.35. The van der Waals surface area contributed by atoms with Gasteiger partial charge < -0.3 is 9.84 Å². The fraction of sp³-hybridized carbons (Fsp3) is 0.850. The van der Waals surface area contributed by atoms with Crippen LogP contribution in [0.3, 0.4) is 0 Å². The maximum absolute atomic E-state index is 10.4. The monoisotopic (exact) mass is 324 g/mol. The molecule has 134 valence electrons. The lowest BCUT2D eigenvalue weighted by Crippen LogP contribution is -1.93. The molecule has 1 fully saturated rings. The van der Waals surface area contributed by atoms with E-state index >= 15 is 0 Å². The molecule has 1 N–H and O–H groups in total. The van der Waals surface area contributed by atoms with Crippen molar-refractivity contribution in [2.75, 3.05) is 0 Å². The molecule has 1 aliphatic rings. The number of aliphatic carboxylic acids is 1. The zero-order valence-corrected chi connectivity index (χ0v) is 15.0. The van der Waals surface area contributed by atoms with E-state index in [1.165, 1.54) is 70.6 Å². The fourth-order valence-electron chi connectivity index (χ4n) is 3.06. The van der Waals surface area contributed by atoms with Crippen LogP contribution < -0.4 is 0 Å². The van der Waals surface area contributed by atoms with Gasteiger partial charge in [0, 0.05) is 6.42 Å². The lowest BCUT2D eigenvalue weighted by molar-refractivity contribution is -0.137. The molecule has 23 heavy (non-hydrogen) atoms. The van der Waals surface area contributed by atoms with Crippen LogP contribution in [0.4, 0.5) is 0 Å². The number of carbonyl (C=O) groups is 1. The highest BCUT2D eigenvalue weighted by atomic mass is 16.6. The van der Waals surface area contributed by atoms with Gasteiger partial charge in [0.15, 0.2) is 0 Å². The molecule has 0 saturated carbocycles. The maximum atomic E-state index is 10.4. The Morgan fingerprint density at radius 3 is 2.00 bits per heavy atom. The van der Waals surface area contributed by atoms with Gasteiger partial charge in [-0.15, -0.1) is 0 Å². The Morgan fingerprint density at radius 1 is 0.870 bits per heavy atom. The molecule has 2 unspecified atom stereocenters. The molecule has 0 radical (unpaired) electrons. The number of rotatable bonds is 16. The summed E-state index contributed by atoms with van der Waals surface area (Å²) < 4.78 is 5.55. The van der Waals surface area contributed by atoms with Crippen LogP contribution in [-0.4, -0.2) is 23.3 Å². The van der Waals surface area contributed by atoms with E-state index in [4.69, 9.17) is 9.84 Å². The van der Waals surface area contributed by atoms with Crippen LogP contribution in [0, 0.1) is 0 Å². The second kappa shape index (κ2) is 13.6. The number of hydrogen-bond acceptors (Lipinski definition) is 2. The Bertz CT molecular complexity index is 325. The SMILES string of the molecule is CCC1OC1CCCC/C=C\CCCCCCCCCC(=O)O. The van der Waals surface area contributed by atoms with E-state index in [0.29, 0.717) is 18.6 Å². The minimum atomic E-state index is -0.664. The molecule has 1 aliphatic heterocycles. The molecular weight excluding hydrogens is 288 g/mol. The third kappa shape index (κ3) is 12.3. The number of hydrogen-bond donors (Lipinski definition) is 1. The van der Waals surface area contributed by atoms with Gasteiger partial charge in [-0.1, -0.05) is 57.6 Å². The highest BCUT2D eigenvalue weighted by molar-refractivity contribution is 5.66. The first-order chi connectivity index (χ1) is 11.2. The Kier molecular flexibility index (Phi) is 11.9. The molecule has 0 bridgehead atoms. The van der Waals surface area contributed by atoms with Gasteiger partial charge in [0.05, 0.1) is 12.2 Å². The van der Waals surface area contributed by atoms with E-state index in [1.807, 2.05) is 0 Å². The molecule has 0 aromatic rings. The van der Waals surface area contributed by atoms with Crippen LogP contribution >= 0.6 is 0 Å². The van der Waals surface area contributed by atoms with E-state index in [1.54, 1.807) is 0 Å². The van der Waals surface area contributed by atoms with Gasteiger partial charge >= 0.3 is 5.97 Å². The van der Waals surface area contributed by atoms with E-state index in [9.17, 15) is 4.79 Å². The van der Waals surface area contributed by atoms with Crippen molar-refractivity contribution in [1.82, 2.24) is 0 Å². The van der Waals surface area contributed by atoms with Crippen molar-refractivity contribution in [3.05, 3.63) is 12.2 Å². The van der Waals surface area contributed by atoms with Gasteiger partial charge in [0.25, 0.3) is 0 Å². The Labute approximate surface area is 142 Å². The first-order valence-corrected chi connectivity index (χ1v) is 9.76. The summed E-state index contributed by atoms with van der Waals surface area (Å²) in [5.41, 5.74) is 0. The quantitative estimate of drug-likeness (QED) is 0.219. The summed E-state index contributed by atoms with van der Waals surface area (Å²) in [4.78, 5) is 10.4. The Morgan fingerprint density at radius 2 is 1.43 bits per heavy atom. The highest BCUT2D eigenvalue weighted by Crippen LogP contribution is 2.29. The minimum Gasteiger partial charge on any atom is -0.481 e. The van der Waals surface area contributed by atoms with E-state index in [0.717, 1.165) is 12.8 Å². The molecule has 0 spiro atoms.